The van der Waals surface area contributed by atoms with E-state index in [1.165, 1.54) is 19.8 Å². The van der Waals surface area contributed by atoms with Crippen LogP contribution in [0.2, 0.25) is 0 Å². The molecule has 2 aliphatic rings. The van der Waals surface area contributed by atoms with E-state index in [0.29, 0.717) is 37.0 Å². The summed E-state index contributed by atoms with van der Waals surface area (Å²) in [5.41, 5.74) is 1.22. The molecular weight excluding hydrogens is 418 g/mol. The number of nitrogens with zero attached hydrogens (tertiary/aromatic N) is 2. The van der Waals surface area contributed by atoms with E-state index in [1.54, 1.807) is 19.5 Å². The molecule has 2 aliphatic carbocycles. The molecule has 1 aromatic heterocycles. The zero-order chi connectivity index (χ0) is 23.3. The molecule has 2 saturated carbocycles. The fourth-order valence-corrected chi connectivity index (χ4v) is 4.50. The van der Waals surface area contributed by atoms with Gasteiger partial charge in [-0.3, -0.25) is 14.9 Å². The van der Waals surface area contributed by atoms with Crippen molar-refractivity contribution in [2.45, 2.75) is 69.8 Å². The number of aromatic nitrogens is 2. The van der Waals surface area contributed by atoms with Gasteiger partial charge < -0.3 is 9.47 Å². The normalized spacial score (nSPS) is 17.7. The van der Waals surface area contributed by atoms with Crippen molar-refractivity contribution in [2.75, 3.05) is 12.4 Å². The van der Waals surface area contributed by atoms with Gasteiger partial charge in [-0.1, -0.05) is 17.9 Å². The van der Waals surface area contributed by atoms with Crippen LogP contribution in [0.5, 0.6) is 11.5 Å². The number of ether oxygens (including phenoxy) is 2. The Balaban J connectivity index is 1.65. The standard InChI is InChI=1S/C26H29N3O4/c1-18(30)29-25-27-16-19(17-28-25)9-12-26(13-10-21(31)11-14-26)20-7-8-23(32-2)24(15-20)33-22-5-3-4-6-22/h7-8,15-17,22H,3-6,10-11,13-14H2,1-2H3,(H,27,28,29,30). The Kier molecular flexibility index (Phi) is 6.93. The fourth-order valence-electron chi connectivity index (χ4n) is 4.50. The molecule has 7 heteroatoms. The smallest absolute Gasteiger partial charge is 0.229 e. The van der Waals surface area contributed by atoms with Gasteiger partial charge in [0.2, 0.25) is 11.9 Å². The van der Waals surface area contributed by atoms with Gasteiger partial charge in [-0.05, 0) is 56.2 Å². The molecule has 0 radical (unpaired) electrons. The highest BCUT2D eigenvalue weighted by Crippen LogP contribution is 2.42. The van der Waals surface area contributed by atoms with Gasteiger partial charge in [-0.2, -0.15) is 0 Å². The van der Waals surface area contributed by atoms with E-state index in [-0.39, 0.29) is 23.7 Å². The summed E-state index contributed by atoms with van der Waals surface area (Å²) in [5, 5.41) is 2.55. The number of hydrogen-bond acceptors (Lipinski definition) is 6. The second-order valence-electron chi connectivity index (χ2n) is 8.74. The Hall–Kier alpha value is -3.40. The fraction of sp³-hybridized carbons (Fsp3) is 0.462. The van der Waals surface area contributed by atoms with E-state index in [1.807, 2.05) is 18.2 Å². The van der Waals surface area contributed by atoms with Crippen molar-refractivity contribution >= 4 is 17.6 Å². The Morgan fingerprint density at radius 3 is 2.45 bits per heavy atom. The highest BCUT2D eigenvalue weighted by atomic mass is 16.5. The largest absolute Gasteiger partial charge is 0.493 e. The third-order valence-electron chi connectivity index (χ3n) is 6.36. The van der Waals surface area contributed by atoms with Crippen molar-refractivity contribution in [3.63, 3.8) is 0 Å². The summed E-state index contributed by atoms with van der Waals surface area (Å²) < 4.78 is 11.9. The van der Waals surface area contributed by atoms with Crippen molar-refractivity contribution in [3.05, 3.63) is 41.7 Å². The third kappa shape index (κ3) is 5.51. The first-order valence-corrected chi connectivity index (χ1v) is 11.5. The van der Waals surface area contributed by atoms with Crippen molar-refractivity contribution in [1.29, 1.82) is 0 Å². The maximum atomic E-state index is 12.0. The number of amides is 1. The number of hydrogen-bond donors (Lipinski definition) is 1. The van der Waals surface area contributed by atoms with Crippen LogP contribution in [-0.4, -0.2) is 34.9 Å². The Morgan fingerprint density at radius 2 is 1.82 bits per heavy atom. The average Bonchev–Trinajstić information content (AvgIpc) is 3.33. The molecule has 172 valence electrons. The summed E-state index contributed by atoms with van der Waals surface area (Å²) >= 11 is 0. The van der Waals surface area contributed by atoms with Crippen molar-refractivity contribution in [1.82, 2.24) is 9.97 Å². The third-order valence-corrected chi connectivity index (χ3v) is 6.36. The molecular formula is C26H29N3O4. The van der Waals surface area contributed by atoms with Gasteiger partial charge in [0.25, 0.3) is 0 Å². The highest BCUT2D eigenvalue weighted by Gasteiger charge is 2.36. The molecule has 1 aromatic carbocycles. The summed E-state index contributed by atoms with van der Waals surface area (Å²) in [7, 11) is 1.65. The zero-order valence-corrected chi connectivity index (χ0v) is 19.1. The first-order valence-electron chi connectivity index (χ1n) is 11.5. The first-order chi connectivity index (χ1) is 16.0. The number of carbonyl (C=O) groups is 2. The maximum absolute atomic E-state index is 12.0. The molecule has 0 saturated heterocycles. The van der Waals surface area contributed by atoms with E-state index >= 15 is 0 Å². The number of carbonyl (C=O) groups excluding carboxylic acids is 2. The minimum atomic E-state index is -0.468. The van der Waals surface area contributed by atoms with Crippen LogP contribution in [0.3, 0.4) is 0 Å². The Morgan fingerprint density at radius 1 is 1.12 bits per heavy atom. The predicted molar refractivity (Wildman–Crippen MR) is 124 cm³/mol. The average molecular weight is 448 g/mol. The van der Waals surface area contributed by atoms with E-state index < -0.39 is 5.41 Å². The van der Waals surface area contributed by atoms with Gasteiger partial charge in [0.15, 0.2) is 11.5 Å². The summed E-state index contributed by atoms with van der Waals surface area (Å²) in [6, 6.07) is 6.00. The zero-order valence-electron chi connectivity index (χ0n) is 19.1. The Bertz CT molecular complexity index is 1070. The highest BCUT2D eigenvalue weighted by molar-refractivity contribution is 5.86. The number of ketones is 1. The van der Waals surface area contributed by atoms with Crippen LogP contribution < -0.4 is 14.8 Å². The second-order valence-corrected chi connectivity index (χ2v) is 8.74. The van der Waals surface area contributed by atoms with Gasteiger partial charge >= 0.3 is 0 Å². The number of rotatable bonds is 5. The molecule has 0 bridgehead atoms. The number of benzene rings is 1. The minimum Gasteiger partial charge on any atom is -0.493 e. The maximum Gasteiger partial charge on any atom is 0.229 e. The molecule has 1 heterocycles. The van der Waals surface area contributed by atoms with Gasteiger partial charge in [-0.15, -0.1) is 0 Å². The number of nitrogens with one attached hydrogen (secondary N) is 1. The van der Waals surface area contributed by atoms with Crippen LogP contribution in [0.25, 0.3) is 0 Å². The van der Waals surface area contributed by atoms with Crippen molar-refractivity contribution in [3.8, 4) is 23.3 Å². The molecule has 33 heavy (non-hydrogen) atoms. The lowest BCUT2D eigenvalue weighted by molar-refractivity contribution is -0.121. The topological polar surface area (TPSA) is 90.4 Å². The molecule has 2 fully saturated rings. The van der Waals surface area contributed by atoms with Crippen LogP contribution in [-0.2, 0) is 15.0 Å². The van der Waals surface area contributed by atoms with Gasteiger partial charge in [-0.25, -0.2) is 9.97 Å². The number of Topliss-reactive ketones (excluding diaryl/α,β-unsaturated/α-hetero) is 1. The van der Waals surface area contributed by atoms with E-state index in [4.69, 9.17) is 9.47 Å². The SMILES string of the molecule is COc1ccc(C2(C#Cc3cnc(NC(C)=O)nc3)CCC(=O)CC2)cc1OC1CCCC1. The summed E-state index contributed by atoms with van der Waals surface area (Å²) in [5.74, 6) is 8.38. The molecule has 1 N–H and O–H groups in total. The number of methoxy groups -OCH3 is 1. The van der Waals surface area contributed by atoms with Crippen LogP contribution >= 0.6 is 0 Å². The Labute approximate surface area is 194 Å². The van der Waals surface area contributed by atoms with Crippen LogP contribution in [0.15, 0.2) is 30.6 Å². The first kappa shape index (κ1) is 22.8. The summed E-state index contributed by atoms with van der Waals surface area (Å²) in [6.07, 6.45) is 10.2. The lowest BCUT2D eigenvalue weighted by Gasteiger charge is -2.33. The molecule has 2 aromatic rings. The lowest BCUT2D eigenvalue weighted by Crippen LogP contribution is -2.30. The van der Waals surface area contributed by atoms with E-state index in [9.17, 15) is 9.59 Å². The van der Waals surface area contributed by atoms with E-state index in [0.717, 1.165) is 24.2 Å². The van der Waals surface area contributed by atoms with Crippen molar-refractivity contribution < 1.29 is 19.1 Å². The van der Waals surface area contributed by atoms with Crippen molar-refractivity contribution in [2.24, 2.45) is 0 Å². The van der Waals surface area contributed by atoms with E-state index in [2.05, 4.69) is 27.1 Å². The molecule has 1 amide bonds. The van der Waals surface area contributed by atoms with Gasteiger partial charge in [0.05, 0.1) is 24.2 Å². The molecule has 0 unspecified atom stereocenters. The second kappa shape index (κ2) is 10.0. The minimum absolute atomic E-state index is 0.211. The lowest BCUT2D eigenvalue weighted by atomic mass is 9.69. The van der Waals surface area contributed by atoms with Gasteiger partial charge in [0.1, 0.15) is 5.78 Å². The summed E-state index contributed by atoms with van der Waals surface area (Å²) in [4.78, 5) is 31.5. The monoisotopic (exact) mass is 447 g/mol. The molecule has 0 atom stereocenters. The molecule has 7 nitrogen and oxygen atoms in total. The number of anilines is 1. The predicted octanol–water partition coefficient (Wildman–Crippen LogP) is 4.20. The van der Waals surface area contributed by atoms with Gasteiger partial charge in [0, 0.05) is 32.2 Å². The molecule has 4 rings (SSSR count). The van der Waals surface area contributed by atoms with Crippen LogP contribution in [0, 0.1) is 11.8 Å². The molecule has 0 aliphatic heterocycles. The quantitative estimate of drug-likeness (QED) is 0.691. The molecule has 0 spiro atoms. The van der Waals surface area contributed by atoms with Crippen LogP contribution in [0.1, 0.15) is 69.4 Å². The van der Waals surface area contributed by atoms with Crippen LogP contribution in [0.4, 0.5) is 5.95 Å². The summed E-state index contributed by atoms with van der Waals surface area (Å²) in [6.45, 7) is 1.41.